The highest BCUT2D eigenvalue weighted by Gasteiger charge is 2.20. The first-order chi connectivity index (χ1) is 8.50. The van der Waals surface area contributed by atoms with Gasteiger partial charge in [-0.05, 0) is 18.9 Å². The van der Waals surface area contributed by atoms with Crippen molar-refractivity contribution in [2.75, 3.05) is 6.54 Å². The largest absolute Gasteiger partial charge is 0.474 e. The summed E-state index contributed by atoms with van der Waals surface area (Å²) < 4.78 is 0. The summed E-state index contributed by atoms with van der Waals surface area (Å²) in [5, 5.41) is 8.77. The SMILES string of the molecule is C[C@@H](N)CCN(Cc1ccccc1)C(=O)C(=O)O. The van der Waals surface area contributed by atoms with Crippen LogP contribution >= 0.6 is 0 Å². The van der Waals surface area contributed by atoms with E-state index in [1.807, 2.05) is 37.3 Å². The minimum absolute atomic E-state index is 0.0649. The van der Waals surface area contributed by atoms with Gasteiger partial charge in [0.2, 0.25) is 0 Å². The van der Waals surface area contributed by atoms with Gasteiger partial charge in [0.15, 0.2) is 0 Å². The highest BCUT2D eigenvalue weighted by molar-refractivity contribution is 6.31. The number of carboxylic acids is 1. The minimum Gasteiger partial charge on any atom is -0.474 e. The predicted octanol–water partition coefficient (Wildman–Crippen LogP) is 0.837. The molecule has 0 unspecified atom stereocenters. The van der Waals surface area contributed by atoms with Crippen LogP contribution in [0.5, 0.6) is 0 Å². The number of hydrogen-bond acceptors (Lipinski definition) is 3. The Morgan fingerprint density at radius 2 is 1.94 bits per heavy atom. The molecule has 0 saturated carbocycles. The standard InChI is InChI=1S/C13H18N2O3/c1-10(14)7-8-15(12(16)13(17)18)9-11-5-3-2-4-6-11/h2-6,10H,7-9,14H2,1H3,(H,17,18)/t10-/m1/s1. The molecule has 1 aromatic carbocycles. The quantitative estimate of drug-likeness (QED) is 0.758. The van der Waals surface area contributed by atoms with Crippen molar-refractivity contribution < 1.29 is 14.7 Å². The van der Waals surface area contributed by atoms with Crippen molar-refractivity contribution in [1.29, 1.82) is 0 Å². The summed E-state index contributed by atoms with van der Waals surface area (Å²) in [7, 11) is 0. The van der Waals surface area contributed by atoms with Crippen molar-refractivity contribution >= 4 is 11.9 Å². The van der Waals surface area contributed by atoms with Crippen LogP contribution in [0, 0.1) is 0 Å². The normalized spacial score (nSPS) is 11.9. The predicted molar refractivity (Wildman–Crippen MR) is 67.8 cm³/mol. The van der Waals surface area contributed by atoms with Gasteiger partial charge in [0.1, 0.15) is 0 Å². The number of carboxylic acid groups (broad SMARTS) is 1. The molecular formula is C13H18N2O3. The van der Waals surface area contributed by atoms with Crippen LogP contribution in [0.1, 0.15) is 18.9 Å². The summed E-state index contributed by atoms with van der Waals surface area (Å²) in [5.74, 6) is -2.32. The summed E-state index contributed by atoms with van der Waals surface area (Å²) in [6.45, 7) is 2.46. The van der Waals surface area contributed by atoms with Crippen LogP contribution in [0.4, 0.5) is 0 Å². The number of hydrogen-bond donors (Lipinski definition) is 2. The van der Waals surface area contributed by atoms with Crippen LogP contribution in [0.3, 0.4) is 0 Å². The van der Waals surface area contributed by atoms with E-state index < -0.39 is 11.9 Å². The summed E-state index contributed by atoms with van der Waals surface area (Å²) in [6.07, 6.45) is 0.575. The zero-order valence-electron chi connectivity index (χ0n) is 10.4. The van der Waals surface area contributed by atoms with Gasteiger partial charge in [0.05, 0.1) is 0 Å². The minimum atomic E-state index is -1.43. The molecule has 0 radical (unpaired) electrons. The van der Waals surface area contributed by atoms with E-state index in [9.17, 15) is 9.59 Å². The van der Waals surface area contributed by atoms with Gasteiger partial charge >= 0.3 is 11.9 Å². The summed E-state index contributed by atoms with van der Waals surface area (Å²) >= 11 is 0. The van der Waals surface area contributed by atoms with Crippen molar-refractivity contribution in [3.8, 4) is 0 Å². The van der Waals surface area contributed by atoms with Crippen molar-refractivity contribution in [3.63, 3.8) is 0 Å². The average molecular weight is 250 g/mol. The van der Waals surface area contributed by atoms with Crippen molar-refractivity contribution in [1.82, 2.24) is 4.90 Å². The molecule has 1 atom stereocenters. The molecule has 0 aromatic heterocycles. The number of nitrogens with zero attached hydrogens (tertiary/aromatic N) is 1. The van der Waals surface area contributed by atoms with E-state index in [1.165, 1.54) is 4.90 Å². The molecule has 0 saturated heterocycles. The molecule has 98 valence electrons. The van der Waals surface area contributed by atoms with Crippen LogP contribution in [-0.2, 0) is 16.1 Å². The third kappa shape index (κ3) is 4.55. The summed E-state index contributed by atoms with van der Waals surface area (Å²) in [4.78, 5) is 23.6. The number of nitrogens with two attached hydrogens (primary N) is 1. The van der Waals surface area contributed by atoms with Gasteiger partial charge in [-0.3, -0.25) is 4.79 Å². The van der Waals surface area contributed by atoms with Gasteiger partial charge in [-0.25, -0.2) is 4.79 Å². The zero-order chi connectivity index (χ0) is 13.5. The van der Waals surface area contributed by atoms with Crippen LogP contribution in [0.2, 0.25) is 0 Å². The Hall–Kier alpha value is -1.88. The smallest absolute Gasteiger partial charge is 0.394 e. The number of benzene rings is 1. The molecule has 18 heavy (non-hydrogen) atoms. The third-order valence-electron chi connectivity index (χ3n) is 2.54. The average Bonchev–Trinajstić information content (AvgIpc) is 2.34. The van der Waals surface area contributed by atoms with E-state index in [-0.39, 0.29) is 6.04 Å². The fraction of sp³-hybridized carbons (Fsp3) is 0.385. The molecule has 3 N–H and O–H groups in total. The van der Waals surface area contributed by atoms with Gasteiger partial charge < -0.3 is 15.7 Å². The molecule has 0 bridgehead atoms. The van der Waals surface area contributed by atoms with Crippen LogP contribution in [0.25, 0.3) is 0 Å². The number of carbonyl (C=O) groups is 2. The Morgan fingerprint density at radius 1 is 1.33 bits per heavy atom. The fourth-order valence-electron chi connectivity index (χ4n) is 1.55. The van der Waals surface area contributed by atoms with E-state index in [0.29, 0.717) is 19.5 Å². The van der Waals surface area contributed by atoms with Gasteiger partial charge in [-0.2, -0.15) is 0 Å². The van der Waals surface area contributed by atoms with E-state index in [2.05, 4.69) is 0 Å². The number of carbonyl (C=O) groups excluding carboxylic acids is 1. The molecule has 0 spiro atoms. The molecule has 0 aliphatic carbocycles. The molecule has 0 aliphatic rings. The van der Waals surface area contributed by atoms with Crippen molar-refractivity contribution in [2.24, 2.45) is 5.73 Å². The first-order valence-electron chi connectivity index (χ1n) is 5.82. The zero-order valence-corrected chi connectivity index (χ0v) is 10.4. The molecule has 0 fully saturated rings. The molecule has 1 aromatic rings. The second kappa shape index (κ2) is 6.76. The highest BCUT2D eigenvalue weighted by Crippen LogP contribution is 2.06. The van der Waals surface area contributed by atoms with Gasteiger partial charge in [0.25, 0.3) is 0 Å². The van der Waals surface area contributed by atoms with Gasteiger partial charge in [-0.1, -0.05) is 30.3 Å². The first kappa shape index (κ1) is 14.2. The lowest BCUT2D eigenvalue weighted by Crippen LogP contribution is -2.38. The van der Waals surface area contributed by atoms with E-state index in [0.717, 1.165) is 5.56 Å². The Labute approximate surface area is 106 Å². The van der Waals surface area contributed by atoms with Gasteiger partial charge in [0, 0.05) is 19.1 Å². The Balaban J connectivity index is 2.71. The Morgan fingerprint density at radius 3 is 2.44 bits per heavy atom. The highest BCUT2D eigenvalue weighted by atomic mass is 16.4. The maximum Gasteiger partial charge on any atom is 0.394 e. The molecule has 0 aliphatic heterocycles. The number of rotatable bonds is 5. The molecule has 5 nitrogen and oxygen atoms in total. The lowest BCUT2D eigenvalue weighted by atomic mass is 10.2. The van der Waals surface area contributed by atoms with Crippen LogP contribution in [-0.4, -0.2) is 34.5 Å². The maximum absolute atomic E-state index is 11.5. The van der Waals surface area contributed by atoms with Gasteiger partial charge in [-0.15, -0.1) is 0 Å². The summed E-state index contributed by atoms with van der Waals surface area (Å²) in [6, 6.07) is 9.22. The summed E-state index contributed by atoms with van der Waals surface area (Å²) in [5.41, 5.74) is 6.52. The lowest BCUT2D eigenvalue weighted by molar-refractivity contribution is -0.156. The molecule has 1 rings (SSSR count). The Kier molecular flexibility index (Phi) is 5.32. The second-order valence-electron chi connectivity index (χ2n) is 4.28. The number of aliphatic carboxylic acids is 1. The van der Waals surface area contributed by atoms with E-state index >= 15 is 0 Å². The van der Waals surface area contributed by atoms with Crippen molar-refractivity contribution in [2.45, 2.75) is 25.9 Å². The molecule has 0 heterocycles. The number of amides is 1. The van der Waals surface area contributed by atoms with Crippen molar-refractivity contribution in [3.05, 3.63) is 35.9 Å². The lowest BCUT2D eigenvalue weighted by Gasteiger charge is -2.21. The maximum atomic E-state index is 11.5. The third-order valence-corrected chi connectivity index (χ3v) is 2.54. The molecule has 1 amide bonds. The second-order valence-corrected chi connectivity index (χ2v) is 4.28. The Bertz CT molecular complexity index is 404. The topological polar surface area (TPSA) is 83.6 Å². The van der Waals surface area contributed by atoms with Crippen LogP contribution in [0.15, 0.2) is 30.3 Å². The van der Waals surface area contributed by atoms with Crippen LogP contribution < -0.4 is 5.73 Å². The fourth-order valence-corrected chi connectivity index (χ4v) is 1.55. The molecule has 5 heteroatoms. The first-order valence-corrected chi connectivity index (χ1v) is 5.82. The molecular weight excluding hydrogens is 232 g/mol. The van der Waals surface area contributed by atoms with E-state index in [4.69, 9.17) is 10.8 Å². The van der Waals surface area contributed by atoms with E-state index in [1.54, 1.807) is 0 Å². The monoisotopic (exact) mass is 250 g/mol.